The summed E-state index contributed by atoms with van der Waals surface area (Å²) in [4.78, 5) is 26.6. The van der Waals surface area contributed by atoms with Crippen molar-refractivity contribution in [3.8, 4) is 0 Å². The summed E-state index contributed by atoms with van der Waals surface area (Å²) in [7, 11) is 0. The van der Waals surface area contributed by atoms with Crippen LogP contribution in [-0.2, 0) is 4.79 Å². The Labute approximate surface area is 112 Å². The molecule has 2 atom stereocenters. The summed E-state index contributed by atoms with van der Waals surface area (Å²) in [5, 5.41) is 7.59. The molecule has 7 nitrogen and oxygen atoms in total. The number of hydrazine groups is 1. The van der Waals surface area contributed by atoms with Crippen LogP contribution in [0.3, 0.4) is 0 Å². The van der Waals surface area contributed by atoms with E-state index in [0.717, 1.165) is 0 Å². The molecule has 0 spiro atoms. The van der Waals surface area contributed by atoms with Crippen LogP contribution in [0, 0.1) is 0 Å². The number of urea groups is 1. The van der Waals surface area contributed by atoms with Crippen molar-refractivity contribution in [2.45, 2.75) is 18.3 Å². The second-order valence-corrected chi connectivity index (χ2v) is 5.87. The normalized spacial score (nSPS) is 20.1. The van der Waals surface area contributed by atoms with E-state index in [0.29, 0.717) is 10.9 Å². The number of thioether (sulfide) groups is 1. The maximum Gasteiger partial charge on any atom is 0.330 e. The summed E-state index contributed by atoms with van der Waals surface area (Å²) in [6.45, 7) is 1.82. The third-order valence-corrected chi connectivity index (χ3v) is 4.14. The van der Waals surface area contributed by atoms with Gasteiger partial charge in [0.15, 0.2) is 5.13 Å². The molecule has 2 heterocycles. The summed E-state index contributed by atoms with van der Waals surface area (Å²) in [6, 6.07) is -0.250. The monoisotopic (exact) mass is 287 g/mol. The van der Waals surface area contributed by atoms with E-state index in [1.807, 2.05) is 6.92 Å². The van der Waals surface area contributed by atoms with Crippen molar-refractivity contribution in [2.75, 3.05) is 11.1 Å². The van der Waals surface area contributed by atoms with Crippen molar-refractivity contribution >= 4 is 40.2 Å². The molecule has 1 saturated heterocycles. The maximum atomic E-state index is 11.8. The van der Waals surface area contributed by atoms with Gasteiger partial charge in [0, 0.05) is 17.3 Å². The third kappa shape index (κ3) is 3.59. The van der Waals surface area contributed by atoms with E-state index in [4.69, 9.17) is 0 Å². The number of hydrogen-bond acceptors (Lipinski definition) is 6. The Morgan fingerprint density at radius 1 is 1.72 bits per heavy atom. The van der Waals surface area contributed by atoms with Gasteiger partial charge in [-0.25, -0.2) is 15.2 Å². The lowest BCUT2D eigenvalue weighted by molar-refractivity contribution is -0.115. The van der Waals surface area contributed by atoms with E-state index >= 15 is 0 Å². The highest BCUT2D eigenvalue weighted by Gasteiger charge is 2.22. The zero-order chi connectivity index (χ0) is 13.0. The number of hydrogen-bond donors (Lipinski definition) is 4. The predicted molar refractivity (Wildman–Crippen MR) is 71.3 cm³/mol. The number of thiazole rings is 1. The lowest BCUT2D eigenvalue weighted by Gasteiger charge is -2.13. The van der Waals surface area contributed by atoms with Crippen LogP contribution in [0.25, 0.3) is 0 Å². The average Bonchev–Trinajstić information content (AvgIpc) is 2.97. The molecule has 0 aliphatic carbocycles. The minimum Gasteiger partial charge on any atom is -0.319 e. The average molecular weight is 287 g/mol. The molecular formula is C9H13N5O2S2. The van der Waals surface area contributed by atoms with E-state index in [2.05, 4.69) is 26.5 Å². The summed E-state index contributed by atoms with van der Waals surface area (Å²) in [5.41, 5.74) is 5.21. The molecule has 3 amide bonds. The van der Waals surface area contributed by atoms with E-state index in [1.165, 1.54) is 23.1 Å². The Morgan fingerprint density at radius 3 is 3.17 bits per heavy atom. The van der Waals surface area contributed by atoms with Crippen LogP contribution in [0.4, 0.5) is 9.93 Å². The lowest BCUT2D eigenvalue weighted by Crippen LogP contribution is -2.37. The molecule has 1 aromatic heterocycles. The van der Waals surface area contributed by atoms with E-state index in [9.17, 15) is 9.59 Å². The summed E-state index contributed by atoms with van der Waals surface area (Å²) < 4.78 is 0. The first-order chi connectivity index (χ1) is 8.65. The molecule has 1 fully saturated rings. The van der Waals surface area contributed by atoms with Crippen LogP contribution in [0.1, 0.15) is 6.92 Å². The van der Waals surface area contributed by atoms with Gasteiger partial charge in [0.05, 0.1) is 5.25 Å². The van der Waals surface area contributed by atoms with Crippen molar-refractivity contribution in [1.82, 2.24) is 21.2 Å². The fraction of sp³-hybridized carbons (Fsp3) is 0.444. The number of nitrogens with one attached hydrogen (secondary N) is 4. The van der Waals surface area contributed by atoms with E-state index < -0.39 is 0 Å². The van der Waals surface area contributed by atoms with E-state index in [-0.39, 0.29) is 23.4 Å². The molecule has 0 aromatic carbocycles. The minimum absolute atomic E-state index is 0.0905. The molecule has 0 saturated carbocycles. The van der Waals surface area contributed by atoms with Gasteiger partial charge in [-0.05, 0) is 6.92 Å². The molecule has 9 heteroatoms. The highest BCUT2D eigenvalue weighted by molar-refractivity contribution is 8.00. The first-order valence-electron chi connectivity index (χ1n) is 5.29. The van der Waals surface area contributed by atoms with Crippen LogP contribution in [0.2, 0.25) is 0 Å². The van der Waals surface area contributed by atoms with Crippen molar-refractivity contribution in [3.05, 3.63) is 11.6 Å². The molecular weight excluding hydrogens is 274 g/mol. The molecule has 1 aliphatic heterocycles. The predicted octanol–water partition coefficient (Wildman–Crippen LogP) is 0.347. The smallest absolute Gasteiger partial charge is 0.319 e. The Bertz CT molecular complexity index is 425. The Balaban J connectivity index is 1.72. The van der Waals surface area contributed by atoms with Crippen LogP contribution >= 0.6 is 23.1 Å². The molecule has 0 radical (unpaired) electrons. The molecule has 2 rings (SSSR count). The number of aromatic nitrogens is 1. The quantitative estimate of drug-likeness (QED) is 0.627. The summed E-state index contributed by atoms with van der Waals surface area (Å²) in [6.07, 6.45) is 1.49. The zero-order valence-corrected chi connectivity index (χ0v) is 11.2. The SMILES string of the molecule is CC(SCC1NNC(=O)N1)C(=O)Nc1nccs1. The largest absolute Gasteiger partial charge is 0.330 e. The first kappa shape index (κ1) is 13.1. The molecule has 98 valence electrons. The summed E-state index contributed by atoms with van der Waals surface area (Å²) >= 11 is 2.83. The molecule has 0 bridgehead atoms. The van der Waals surface area contributed by atoms with Gasteiger partial charge in [0.2, 0.25) is 5.91 Å². The number of nitrogens with zero attached hydrogens (tertiary/aromatic N) is 1. The van der Waals surface area contributed by atoms with Gasteiger partial charge in [-0.3, -0.25) is 10.2 Å². The fourth-order valence-electron chi connectivity index (χ4n) is 1.27. The van der Waals surface area contributed by atoms with Gasteiger partial charge < -0.3 is 10.6 Å². The number of rotatable bonds is 5. The number of carbonyl (C=O) groups is 2. The molecule has 1 aromatic rings. The Morgan fingerprint density at radius 2 is 2.56 bits per heavy atom. The topological polar surface area (TPSA) is 95.1 Å². The van der Waals surface area contributed by atoms with Gasteiger partial charge in [0.1, 0.15) is 6.17 Å². The number of amides is 3. The van der Waals surface area contributed by atoms with E-state index in [1.54, 1.807) is 11.6 Å². The van der Waals surface area contributed by atoms with Crippen molar-refractivity contribution in [3.63, 3.8) is 0 Å². The highest BCUT2D eigenvalue weighted by Crippen LogP contribution is 2.16. The van der Waals surface area contributed by atoms with Crippen molar-refractivity contribution in [2.24, 2.45) is 0 Å². The second kappa shape index (κ2) is 6.03. The zero-order valence-electron chi connectivity index (χ0n) is 9.60. The van der Waals surface area contributed by atoms with Gasteiger partial charge in [-0.15, -0.1) is 23.1 Å². The molecule has 4 N–H and O–H groups in total. The number of anilines is 1. The van der Waals surface area contributed by atoms with Crippen LogP contribution in [-0.4, -0.2) is 34.1 Å². The van der Waals surface area contributed by atoms with Gasteiger partial charge in [-0.2, -0.15) is 0 Å². The lowest BCUT2D eigenvalue weighted by atomic mass is 10.4. The minimum atomic E-state index is -0.250. The fourth-order valence-corrected chi connectivity index (χ4v) is 2.66. The Kier molecular flexibility index (Phi) is 4.39. The second-order valence-electron chi connectivity index (χ2n) is 3.60. The Hall–Kier alpha value is -1.32. The van der Waals surface area contributed by atoms with Crippen LogP contribution in [0.15, 0.2) is 11.6 Å². The maximum absolute atomic E-state index is 11.8. The highest BCUT2D eigenvalue weighted by atomic mass is 32.2. The third-order valence-electron chi connectivity index (χ3n) is 2.21. The van der Waals surface area contributed by atoms with Crippen LogP contribution < -0.4 is 21.5 Å². The molecule has 1 aliphatic rings. The number of carbonyl (C=O) groups excluding carboxylic acids is 2. The van der Waals surface area contributed by atoms with Gasteiger partial charge in [-0.1, -0.05) is 0 Å². The molecule has 18 heavy (non-hydrogen) atoms. The van der Waals surface area contributed by atoms with Gasteiger partial charge in [0.25, 0.3) is 0 Å². The standard InChI is InChI=1S/C9H13N5O2S2/c1-5(7(15)12-9-10-2-3-17-9)18-4-6-11-8(16)14-13-6/h2-3,5-6,13H,4H2,1H3,(H,10,12,15)(H2,11,14,16). The van der Waals surface area contributed by atoms with Crippen molar-refractivity contribution in [1.29, 1.82) is 0 Å². The van der Waals surface area contributed by atoms with Crippen molar-refractivity contribution < 1.29 is 9.59 Å². The molecule has 2 unspecified atom stereocenters. The summed E-state index contributed by atoms with van der Waals surface area (Å²) in [5.74, 6) is 0.512. The van der Waals surface area contributed by atoms with Crippen LogP contribution in [0.5, 0.6) is 0 Å². The first-order valence-corrected chi connectivity index (χ1v) is 7.22. The van der Waals surface area contributed by atoms with Gasteiger partial charge >= 0.3 is 6.03 Å².